The van der Waals surface area contributed by atoms with Gasteiger partial charge in [-0.3, -0.25) is 0 Å². The fraction of sp³-hybridized carbons (Fsp3) is 0.500. The highest BCUT2D eigenvalue weighted by molar-refractivity contribution is 6.28. The smallest absolute Gasteiger partial charge is 0.182 e. The molecule has 0 aliphatic heterocycles. The Kier molecular flexibility index (Phi) is 2.03. The van der Waals surface area contributed by atoms with Gasteiger partial charge in [-0.05, 0) is 31.0 Å². The van der Waals surface area contributed by atoms with Gasteiger partial charge < -0.3 is 5.11 Å². The van der Waals surface area contributed by atoms with Gasteiger partial charge in [-0.2, -0.15) is 0 Å². The first-order valence-corrected chi connectivity index (χ1v) is 2.04. The molecule has 0 unspecified atom stereocenters. The van der Waals surface area contributed by atoms with Crippen molar-refractivity contribution in [3.63, 3.8) is 0 Å². The Morgan fingerprint density at radius 1 is 1.50 bits per heavy atom. The van der Waals surface area contributed by atoms with E-state index in [4.69, 9.17) is 16.7 Å². The summed E-state index contributed by atoms with van der Waals surface area (Å²) in [5.41, 5.74) is 0.747. The monoisotopic (exact) mass is 106 g/mol. The third-order valence-corrected chi connectivity index (χ3v) is 0.791. The largest absolute Gasteiger partial charge is 0.499 e. The van der Waals surface area contributed by atoms with E-state index < -0.39 is 0 Å². The maximum absolute atomic E-state index is 8.27. The van der Waals surface area contributed by atoms with Gasteiger partial charge in [0.05, 0.1) is 0 Å². The van der Waals surface area contributed by atoms with Gasteiger partial charge in [-0.15, -0.1) is 0 Å². The van der Waals surface area contributed by atoms with Crippen molar-refractivity contribution in [1.82, 2.24) is 0 Å². The standard InChI is InChI=1S/C4H7ClO/c1-3(2)4(5)6/h6H,1-2H3. The number of allylic oxidation sites excluding steroid dienone is 1. The van der Waals surface area contributed by atoms with Crippen LogP contribution in [0, 0.1) is 0 Å². The molecule has 0 fully saturated rings. The topological polar surface area (TPSA) is 20.2 Å². The lowest BCUT2D eigenvalue weighted by Gasteiger charge is -1.84. The molecular weight excluding hydrogens is 99.5 g/mol. The molecule has 0 aromatic heterocycles. The second kappa shape index (κ2) is 2.08. The van der Waals surface area contributed by atoms with Gasteiger partial charge in [0.2, 0.25) is 0 Å². The molecule has 36 valence electrons. The van der Waals surface area contributed by atoms with Crippen LogP contribution < -0.4 is 0 Å². The Morgan fingerprint density at radius 2 is 1.67 bits per heavy atom. The van der Waals surface area contributed by atoms with Gasteiger partial charge in [0.15, 0.2) is 5.22 Å². The zero-order valence-electron chi connectivity index (χ0n) is 3.83. The van der Waals surface area contributed by atoms with Crippen molar-refractivity contribution in [2.45, 2.75) is 13.8 Å². The fourth-order valence-corrected chi connectivity index (χ4v) is 0. The number of rotatable bonds is 0. The first-order chi connectivity index (χ1) is 2.64. The number of aliphatic hydroxyl groups excluding tert-OH is 1. The Hall–Kier alpha value is -0.170. The molecule has 0 aromatic rings. The Morgan fingerprint density at radius 3 is 1.67 bits per heavy atom. The van der Waals surface area contributed by atoms with Crippen LogP contribution >= 0.6 is 11.6 Å². The molecule has 1 nitrogen and oxygen atoms in total. The molecule has 0 amide bonds. The Balaban J connectivity index is 3.68. The predicted molar refractivity (Wildman–Crippen MR) is 26.9 cm³/mol. The van der Waals surface area contributed by atoms with Gasteiger partial charge in [0.25, 0.3) is 0 Å². The van der Waals surface area contributed by atoms with Crippen LogP contribution in [0.25, 0.3) is 0 Å². The first-order valence-electron chi connectivity index (χ1n) is 1.66. The van der Waals surface area contributed by atoms with E-state index in [1.165, 1.54) is 0 Å². The van der Waals surface area contributed by atoms with Crippen LogP contribution in [-0.2, 0) is 0 Å². The summed E-state index contributed by atoms with van der Waals surface area (Å²) >= 11 is 5.05. The van der Waals surface area contributed by atoms with Crippen LogP contribution in [0.3, 0.4) is 0 Å². The fourth-order valence-electron chi connectivity index (χ4n) is 0. The zero-order valence-corrected chi connectivity index (χ0v) is 4.58. The molecule has 0 radical (unpaired) electrons. The average molecular weight is 107 g/mol. The predicted octanol–water partition coefficient (Wildman–Crippen LogP) is 2.03. The summed E-state index contributed by atoms with van der Waals surface area (Å²) in [6, 6.07) is 0. The quantitative estimate of drug-likeness (QED) is 0.469. The van der Waals surface area contributed by atoms with Crippen LogP contribution in [0.1, 0.15) is 13.8 Å². The lowest BCUT2D eigenvalue weighted by Crippen LogP contribution is -1.67. The molecule has 0 aliphatic rings. The minimum absolute atomic E-state index is 0.102. The molecule has 0 heterocycles. The van der Waals surface area contributed by atoms with E-state index in [1.54, 1.807) is 13.8 Å². The van der Waals surface area contributed by atoms with E-state index in [2.05, 4.69) is 0 Å². The minimum Gasteiger partial charge on any atom is -0.499 e. The molecule has 0 saturated heterocycles. The average Bonchev–Trinajstić information content (AvgIpc) is 1.36. The summed E-state index contributed by atoms with van der Waals surface area (Å²) in [5.74, 6) is 0. The van der Waals surface area contributed by atoms with Crippen molar-refractivity contribution in [2.75, 3.05) is 0 Å². The van der Waals surface area contributed by atoms with Crippen molar-refractivity contribution < 1.29 is 5.11 Å². The third kappa shape index (κ3) is 2.09. The molecule has 0 rings (SSSR count). The second-order valence-corrected chi connectivity index (χ2v) is 1.65. The summed E-state index contributed by atoms with van der Waals surface area (Å²) in [4.78, 5) is 0. The van der Waals surface area contributed by atoms with E-state index in [0.717, 1.165) is 5.57 Å². The third-order valence-electron chi connectivity index (χ3n) is 0.413. The summed E-state index contributed by atoms with van der Waals surface area (Å²) in [6.45, 7) is 3.48. The normalized spacial score (nSPS) is 7.83. The molecule has 0 aliphatic carbocycles. The highest BCUT2D eigenvalue weighted by atomic mass is 35.5. The number of halogens is 1. The van der Waals surface area contributed by atoms with Gasteiger partial charge in [-0.25, -0.2) is 0 Å². The van der Waals surface area contributed by atoms with Crippen molar-refractivity contribution in [2.24, 2.45) is 0 Å². The van der Waals surface area contributed by atoms with E-state index in [9.17, 15) is 0 Å². The summed E-state index contributed by atoms with van der Waals surface area (Å²) in [6.07, 6.45) is 0. The van der Waals surface area contributed by atoms with E-state index in [0.29, 0.717) is 0 Å². The van der Waals surface area contributed by atoms with Gasteiger partial charge in [-0.1, -0.05) is 0 Å². The molecular formula is C4H7ClO. The van der Waals surface area contributed by atoms with Crippen LogP contribution in [0.2, 0.25) is 0 Å². The van der Waals surface area contributed by atoms with Crippen molar-refractivity contribution in [3.05, 3.63) is 10.8 Å². The van der Waals surface area contributed by atoms with Crippen LogP contribution in [0.15, 0.2) is 10.8 Å². The molecule has 1 N–H and O–H groups in total. The minimum atomic E-state index is -0.102. The van der Waals surface area contributed by atoms with Crippen LogP contribution in [0.5, 0.6) is 0 Å². The second-order valence-electron chi connectivity index (χ2n) is 1.29. The van der Waals surface area contributed by atoms with E-state index >= 15 is 0 Å². The van der Waals surface area contributed by atoms with Gasteiger partial charge in [0, 0.05) is 0 Å². The van der Waals surface area contributed by atoms with Crippen molar-refractivity contribution in [3.8, 4) is 0 Å². The summed E-state index contributed by atoms with van der Waals surface area (Å²) < 4.78 is 0. The van der Waals surface area contributed by atoms with Gasteiger partial charge >= 0.3 is 0 Å². The molecule has 2 heteroatoms. The molecule has 0 bridgehead atoms. The number of aliphatic hydroxyl groups is 1. The van der Waals surface area contributed by atoms with E-state index in [-0.39, 0.29) is 5.22 Å². The molecule has 0 saturated carbocycles. The molecule has 0 atom stereocenters. The summed E-state index contributed by atoms with van der Waals surface area (Å²) in [7, 11) is 0. The first kappa shape index (κ1) is 5.83. The van der Waals surface area contributed by atoms with Gasteiger partial charge in [0.1, 0.15) is 0 Å². The Labute approximate surface area is 42.2 Å². The lowest BCUT2D eigenvalue weighted by molar-refractivity contribution is 0.446. The van der Waals surface area contributed by atoms with E-state index in [1.807, 2.05) is 0 Å². The molecule has 0 aromatic carbocycles. The SMILES string of the molecule is CC(C)=C(O)Cl. The van der Waals surface area contributed by atoms with Crippen molar-refractivity contribution >= 4 is 11.6 Å². The van der Waals surface area contributed by atoms with Crippen LogP contribution in [0.4, 0.5) is 0 Å². The highest BCUT2D eigenvalue weighted by Crippen LogP contribution is 2.00. The maximum atomic E-state index is 8.27. The van der Waals surface area contributed by atoms with Crippen molar-refractivity contribution in [1.29, 1.82) is 0 Å². The number of hydrogen-bond donors (Lipinski definition) is 1. The Bertz CT molecular complexity index is 57.6. The highest BCUT2D eigenvalue weighted by Gasteiger charge is 1.82. The maximum Gasteiger partial charge on any atom is 0.182 e. The molecule has 0 spiro atoms. The zero-order chi connectivity index (χ0) is 5.15. The molecule has 6 heavy (non-hydrogen) atoms. The van der Waals surface area contributed by atoms with Crippen LogP contribution in [-0.4, -0.2) is 5.11 Å². The summed E-state index contributed by atoms with van der Waals surface area (Å²) in [5, 5.41) is 8.17. The lowest BCUT2D eigenvalue weighted by atomic mass is 10.4. The number of hydrogen-bond acceptors (Lipinski definition) is 1.